The number of rotatable bonds is 3. The van der Waals surface area contributed by atoms with Crippen LogP contribution in [-0.2, 0) is 17.1 Å². The third kappa shape index (κ3) is 3.40. The summed E-state index contributed by atoms with van der Waals surface area (Å²) in [4.78, 5) is 14.5. The van der Waals surface area contributed by atoms with Crippen LogP contribution >= 0.6 is 0 Å². The minimum Gasteiger partial charge on any atom is -0.340 e. The van der Waals surface area contributed by atoms with E-state index in [4.69, 9.17) is 5.14 Å². The number of hydrogen-bond donors (Lipinski definition) is 1. The van der Waals surface area contributed by atoms with Crippen LogP contribution in [0.25, 0.3) is 10.9 Å². The summed E-state index contributed by atoms with van der Waals surface area (Å²) < 4.78 is 24.3. The standard InChI is InChI=1S/C16H21N3O3S/c1-18-14-5-3-2-4-13(14)10-15(18)16(20)19-8-6-12(7-9-19)11-23(17,21)22/h2-5,10,12H,6-9,11H2,1H3,(H2,17,21,22). The SMILES string of the molecule is Cn1c(C(=O)N2CCC(CS(N)(=O)=O)CC2)cc2ccccc21. The van der Waals surface area contributed by atoms with Gasteiger partial charge in [-0.3, -0.25) is 4.79 Å². The highest BCUT2D eigenvalue weighted by Gasteiger charge is 2.27. The van der Waals surface area contributed by atoms with E-state index in [2.05, 4.69) is 0 Å². The number of para-hydroxylation sites is 1. The van der Waals surface area contributed by atoms with Gasteiger partial charge in [-0.15, -0.1) is 0 Å². The third-order valence-corrected chi connectivity index (χ3v) is 5.48. The van der Waals surface area contributed by atoms with Crippen molar-refractivity contribution in [3.63, 3.8) is 0 Å². The van der Waals surface area contributed by atoms with E-state index in [1.165, 1.54) is 0 Å². The second-order valence-corrected chi connectivity index (χ2v) is 7.87. The molecule has 0 aliphatic carbocycles. The average molecular weight is 335 g/mol. The van der Waals surface area contributed by atoms with Gasteiger partial charge in [0.05, 0.1) is 5.75 Å². The molecule has 0 spiro atoms. The predicted molar refractivity (Wildman–Crippen MR) is 89.5 cm³/mol. The molecule has 0 unspecified atom stereocenters. The number of fused-ring (bicyclic) bond motifs is 1. The van der Waals surface area contributed by atoms with E-state index in [1.54, 1.807) is 4.90 Å². The van der Waals surface area contributed by atoms with Crippen molar-refractivity contribution in [2.75, 3.05) is 18.8 Å². The first-order valence-corrected chi connectivity index (χ1v) is 9.41. The van der Waals surface area contributed by atoms with Crippen molar-refractivity contribution in [3.05, 3.63) is 36.0 Å². The zero-order chi connectivity index (χ0) is 16.6. The molecule has 1 aliphatic rings. The van der Waals surface area contributed by atoms with Crippen molar-refractivity contribution < 1.29 is 13.2 Å². The number of primary sulfonamides is 1. The van der Waals surface area contributed by atoms with Crippen molar-refractivity contribution in [2.24, 2.45) is 18.1 Å². The summed E-state index contributed by atoms with van der Waals surface area (Å²) in [5.41, 5.74) is 1.69. The van der Waals surface area contributed by atoms with Crippen LogP contribution in [0.4, 0.5) is 0 Å². The second kappa shape index (κ2) is 5.98. The van der Waals surface area contributed by atoms with Gasteiger partial charge in [-0.1, -0.05) is 18.2 Å². The normalized spacial score (nSPS) is 16.9. The van der Waals surface area contributed by atoms with E-state index < -0.39 is 10.0 Å². The van der Waals surface area contributed by atoms with Gasteiger partial charge in [0.15, 0.2) is 0 Å². The summed E-state index contributed by atoms with van der Waals surface area (Å²) in [6.07, 6.45) is 1.35. The lowest BCUT2D eigenvalue weighted by atomic mass is 9.99. The van der Waals surface area contributed by atoms with Gasteiger partial charge in [0.1, 0.15) is 5.69 Å². The topological polar surface area (TPSA) is 85.4 Å². The van der Waals surface area contributed by atoms with Crippen LogP contribution in [0.15, 0.2) is 30.3 Å². The average Bonchev–Trinajstić information content (AvgIpc) is 2.83. The fourth-order valence-corrected chi connectivity index (χ4v) is 4.28. The Morgan fingerprint density at radius 1 is 1.26 bits per heavy atom. The van der Waals surface area contributed by atoms with E-state index in [0.29, 0.717) is 31.6 Å². The van der Waals surface area contributed by atoms with E-state index in [-0.39, 0.29) is 17.6 Å². The highest BCUT2D eigenvalue weighted by molar-refractivity contribution is 7.89. The minimum atomic E-state index is -3.45. The number of piperidine rings is 1. The summed E-state index contributed by atoms with van der Waals surface area (Å²) >= 11 is 0. The molecule has 3 rings (SSSR count). The summed E-state index contributed by atoms with van der Waals surface area (Å²) in [5.74, 6) is 0.0441. The fourth-order valence-electron chi connectivity index (χ4n) is 3.29. The molecule has 7 heteroatoms. The lowest BCUT2D eigenvalue weighted by Crippen LogP contribution is -2.41. The van der Waals surface area contributed by atoms with Crippen LogP contribution < -0.4 is 5.14 Å². The Morgan fingerprint density at radius 2 is 1.91 bits per heavy atom. The second-order valence-electron chi connectivity index (χ2n) is 6.21. The number of sulfonamides is 1. The molecule has 1 aromatic heterocycles. The van der Waals surface area contributed by atoms with E-state index in [1.807, 2.05) is 41.9 Å². The molecule has 0 bridgehead atoms. The zero-order valence-electron chi connectivity index (χ0n) is 13.1. The fraction of sp³-hybridized carbons (Fsp3) is 0.438. The highest BCUT2D eigenvalue weighted by Crippen LogP contribution is 2.23. The number of likely N-dealkylation sites (tertiary alicyclic amines) is 1. The summed E-state index contributed by atoms with van der Waals surface area (Å²) in [6, 6.07) is 9.80. The number of carbonyl (C=O) groups is 1. The van der Waals surface area contributed by atoms with Crippen LogP contribution in [0, 0.1) is 5.92 Å². The van der Waals surface area contributed by atoms with Crippen LogP contribution in [0.1, 0.15) is 23.3 Å². The maximum Gasteiger partial charge on any atom is 0.270 e. The maximum atomic E-state index is 12.7. The number of nitrogens with zero attached hydrogens (tertiary/aromatic N) is 2. The Balaban J connectivity index is 1.73. The molecule has 23 heavy (non-hydrogen) atoms. The molecule has 2 heterocycles. The molecule has 2 N–H and O–H groups in total. The minimum absolute atomic E-state index is 0.00208. The van der Waals surface area contributed by atoms with Crippen molar-refractivity contribution in [1.29, 1.82) is 0 Å². The summed E-state index contributed by atoms with van der Waals surface area (Å²) in [7, 11) is -1.55. The Hall–Kier alpha value is -1.86. The number of aryl methyl sites for hydroxylation is 1. The maximum absolute atomic E-state index is 12.7. The Labute approximate surface area is 135 Å². The van der Waals surface area contributed by atoms with Gasteiger partial charge in [0.25, 0.3) is 5.91 Å². The first-order chi connectivity index (χ1) is 10.8. The molecule has 0 saturated carbocycles. The van der Waals surface area contributed by atoms with E-state index in [0.717, 1.165) is 10.9 Å². The molecule has 2 aromatic rings. The van der Waals surface area contributed by atoms with Crippen molar-refractivity contribution >= 4 is 26.8 Å². The Bertz CT molecular complexity index is 833. The zero-order valence-corrected chi connectivity index (χ0v) is 13.9. The quantitative estimate of drug-likeness (QED) is 0.918. The van der Waals surface area contributed by atoms with Crippen molar-refractivity contribution in [1.82, 2.24) is 9.47 Å². The molecule has 1 fully saturated rings. The predicted octanol–water partition coefficient (Wildman–Crippen LogP) is 1.32. The lowest BCUT2D eigenvalue weighted by molar-refractivity contribution is 0.0689. The van der Waals surface area contributed by atoms with Gasteiger partial charge in [0, 0.05) is 31.0 Å². The molecular weight excluding hydrogens is 314 g/mol. The monoisotopic (exact) mass is 335 g/mol. The largest absolute Gasteiger partial charge is 0.340 e. The molecule has 6 nitrogen and oxygen atoms in total. The molecule has 1 aromatic carbocycles. The van der Waals surface area contributed by atoms with Gasteiger partial charge in [-0.05, 0) is 30.9 Å². The van der Waals surface area contributed by atoms with E-state index in [9.17, 15) is 13.2 Å². The van der Waals surface area contributed by atoms with E-state index >= 15 is 0 Å². The summed E-state index contributed by atoms with van der Waals surface area (Å²) in [6.45, 7) is 1.14. The Morgan fingerprint density at radius 3 is 2.52 bits per heavy atom. The molecule has 1 amide bonds. The van der Waals surface area contributed by atoms with Crippen LogP contribution in [-0.4, -0.2) is 42.6 Å². The molecule has 0 atom stereocenters. The van der Waals surface area contributed by atoms with Gasteiger partial charge >= 0.3 is 0 Å². The van der Waals surface area contributed by atoms with Gasteiger partial charge < -0.3 is 9.47 Å². The van der Waals surface area contributed by atoms with Crippen molar-refractivity contribution in [3.8, 4) is 0 Å². The smallest absolute Gasteiger partial charge is 0.270 e. The van der Waals surface area contributed by atoms with Gasteiger partial charge in [-0.2, -0.15) is 0 Å². The molecule has 1 saturated heterocycles. The first-order valence-electron chi connectivity index (χ1n) is 7.69. The summed E-state index contributed by atoms with van der Waals surface area (Å²) in [5, 5.41) is 6.15. The number of aromatic nitrogens is 1. The molecule has 1 aliphatic heterocycles. The first kappa shape index (κ1) is 16.0. The number of amides is 1. The molecule has 124 valence electrons. The van der Waals surface area contributed by atoms with Gasteiger partial charge in [0.2, 0.25) is 10.0 Å². The van der Waals surface area contributed by atoms with Crippen molar-refractivity contribution in [2.45, 2.75) is 12.8 Å². The van der Waals surface area contributed by atoms with Crippen LogP contribution in [0.5, 0.6) is 0 Å². The highest BCUT2D eigenvalue weighted by atomic mass is 32.2. The lowest BCUT2D eigenvalue weighted by Gasteiger charge is -2.31. The number of hydrogen-bond acceptors (Lipinski definition) is 3. The third-order valence-electron chi connectivity index (χ3n) is 4.54. The van der Waals surface area contributed by atoms with Crippen LogP contribution in [0.2, 0.25) is 0 Å². The number of carbonyl (C=O) groups excluding carboxylic acids is 1. The number of nitrogens with two attached hydrogens (primary N) is 1. The molecular formula is C16H21N3O3S. The van der Waals surface area contributed by atoms with Gasteiger partial charge in [-0.25, -0.2) is 13.6 Å². The van der Waals surface area contributed by atoms with Crippen LogP contribution in [0.3, 0.4) is 0 Å². The Kier molecular flexibility index (Phi) is 4.16. The molecule has 0 radical (unpaired) electrons. The number of benzene rings is 1.